The monoisotopic (exact) mass is 406 g/mol. The molecule has 2 rings (SSSR count). The van der Waals surface area contributed by atoms with Crippen LogP contribution in [0.3, 0.4) is 0 Å². The molecule has 9 nitrogen and oxygen atoms in total. The van der Waals surface area contributed by atoms with Gasteiger partial charge < -0.3 is 25.3 Å². The highest BCUT2D eigenvalue weighted by atomic mass is 16.6. The molecular weight excluding hydrogens is 380 g/mol. The maximum atomic E-state index is 12.7. The van der Waals surface area contributed by atoms with Crippen molar-refractivity contribution < 1.29 is 33.4 Å². The molecular formula is C20H26N2O7. The van der Waals surface area contributed by atoms with E-state index in [1.165, 1.54) is 6.92 Å². The Bertz CT molecular complexity index is 738. The Hall–Kier alpha value is -2.78. The summed E-state index contributed by atoms with van der Waals surface area (Å²) < 4.78 is 14.8. The number of epoxide rings is 1. The van der Waals surface area contributed by atoms with Crippen LogP contribution in [0.4, 0.5) is 0 Å². The van der Waals surface area contributed by atoms with Crippen LogP contribution in [0.1, 0.15) is 19.4 Å². The van der Waals surface area contributed by atoms with Crippen LogP contribution in [0, 0.1) is 5.92 Å². The highest BCUT2D eigenvalue weighted by molar-refractivity contribution is 5.93. The zero-order valence-electron chi connectivity index (χ0n) is 16.5. The molecule has 29 heavy (non-hydrogen) atoms. The minimum atomic E-state index is -0.948. The van der Waals surface area contributed by atoms with Gasteiger partial charge in [0.2, 0.25) is 0 Å². The topological polar surface area (TPSA) is 137 Å². The third-order valence-electron chi connectivity index (χ3n) is 4.35. The standard InChI is InChI=1S/C20H26N2O7/c1-3-27-20(26)18-17(29-18)19(25)22-10-14(11-28-12(2)23)16(24)15(21)9-13-7-5-4-6-8-13/h4-8,14-15,17-18H,3,9-11,21H2,1-2H3,(H,22,25)/t14-,15-,17-,18-/m0/s1. The molecule has 0 unspecified atom stereocenters. The minimum absolute atomic E-state index is 0.0944. The molecule has 1 fully saturated rings. The third-order valence-corrected chi connectivity index (χ3v) is 4.35. The van der Waals surface area contributed by atoms with Crippen LogP contribution in [0.25, 0.3) is 0 Å². The fourth-order valence-corrected chi connectivity index (χ4v) is 2.77. The molecule has 1 amide bonds. The van der Waals surface area contributed by atoms with Crippen LogP contribution in [0.2, 0.25) is 0 Å². The number of Topliss-reactive ketones (excluding diaryl/α,β-unsaturated/α-hetero) is 1. The largest absolute Gasteiger partial charge is 0.465 e. The number of hydrogen-bond donors (Lipinski definition) is 2. The van der Waals surface area contributed by atoms with Gasteiger partial charge in [-0.05, 0) is 18.9 Å². The summed E-state index contributed by atoms with van der Waals surface area (Å²) in [6.45, 7) is 2.77. The highest BCUT2D eigenvalue weighted by Crippen LogP contribution is 2.23. The maximum absolute atomic E-state index is 12.7. The van der Waals surface area contributed by atoms with Crippen molar-refractivity contribution in [3.8, 4) is 0 Å². The van der Waals surface area contributed by atoms with Crippen LogP contribution < -0.4 is 11.1 Å². The average Bonchev–Trinajstić information content (AvgIpc) is 3.49. The molecule has 158 valence electrons. The van der Waals surface area contributed by atoms with Gasteiger partial charge in [0.15, 0.2) is 18.0 Å². The fraction of sp³-hybridized carbons (Fsp3) is 0.500. The third kappa shape index (κ3) is 6.95. The average molecular weight is 406 g/mol. The van der Waals surface area contributed by atoms with E-state index in [1.807, 2.05) is 30.3 Å². The van der Waals surface area contributed by atoms with Gasteiger partial charge in [0.1, 0.15) is 6.61 Å². The number of carbonyl (C=O) groups excluding carboxylic acids is 4. The van der Waals surface area contributed by atoms with Crippen molar-refractivity contribution >= 4 is 23.6 Å². The summed E-state index contributed by atoms with van der Waals surface area (Å²) in [5, 5.41) is 2.56. The van der Waals surface area contributed by atoms with Gasteiger partial charge in [0, 0.05) is 13.5 Å². The first kappa shape index (κ1) is 22.5. The molecule has 1 aromatic rings. The quantitative estimate of drug-likeness (QED) is 0.379. The lowest BCUT2D eigenvalue weighted by Crippen LogP contribution is -2.45. The van der Waals surface area contributed by atoms with Crippen molar-refractivity contribution in [3.63, 3.8) is 0 Å². The van der Waals surface area contributed by atoms with Gasteiger partial charge in [-0.3, -0.25) is 14.4 Å². The van der Waals surface area contributed by atoms with E-state index < -0.39 is 42.0 Å². The number of ether oxygens (including phenoxy) is 3. The predicted octanol–water partition coefficient (Wildman–Crippen LogP) is -0.248. The molecule has 0 aliphatic carbocycles. The van der Waals surface area contributed by atoms with Gasteiger partial charge in [-0.1, -0.05) is 30.3 Å². The van der Waals surface area contributed by atoms with E-state index in [1.54, 1.807) is 6.92 Å². The number of ketones is 1. The fourth-order valence-electron chi connectivity index (χ4n) is 2.77. The zero-order valence-corrected chi connectivity index (χ0v) is 16.5. The Kier molecular flexibility index (Phi) is 8.29. The summed E-state index contributed by atoms with van der Waals surface area (Å²) in [4.78, 5) is 47.6. The second kappa shape index (κ2) is 10.7. The van der Waals surface area contributed by atoms with Crippen molar-refractivity contribution in [2.75, 3.05) is 19.8 Å². The van der Waals surface area contributed by atoms with Crippen LogP contribution >= 0.6 is 0 Å². The number of amides is 1. The van der Waals surface area contributed by atoms with E-state index in [9.17, 15) is 19.2 Å². The molecule has 1 aromatic carbocycles. The van der Waals surface area contributed by atoms with Crippen LogP contribution in [0.15, 0.2) is 30.3 Å². The van der Waals surface area contributed by atoms with E-state index in [2.05, 4.69) is 5.32 Å². The number of nitrogens with one attached hydrogen (secondary N) is 1. The lowest BCUT2D eigenvalue weighted by molar-refractivity contribution is -0.145. The lowest BCUT2D eigenvalue weighted by Gasteiger charge is -2.20. The molecule has 1 aliphatic heterocycles. The van der Waals surface area contributed by atoms with E-state index in [4.69, 9.17) is 19.9 Å². The number of benzene rings is 1. The highest BCUT2D eigenvalue weighted by Gasteiger charge is 2.51. The van der Waals surface area contributed by atoms with Crippen molar-refractivity contribution in [2.24, 2.45) is 11.7 Å². The number of carbonyl (C=O) groups is 4. The molecule has 1 saturated heterocycles. The van der Waals surface area contributed by atoms with Gasteiger partial charge in [0.05, 0.1) is 18.6 Å². The Morgan fingerprint density at radius 1 is 1.14 bits per heavy atom. The molecule has 3 N–H and O–H groups in total. The molecule has 9 heteroatoms. The van der Waals surface area contributed by atoms with Gasteiger partial charge in [-0.25, -0.2) is 4.79 Å². The molecule has 0 spiro atoms. The first-order chi connectivity index (χ1) is 13.8. The molecule has 0 aromatic heterocycles. The summed E-state index contributed by atoms with van der Waals surface area (Å²) in [5.74, 6) is -2.85. The Balaban J connectivity index is 1.91. The number of nitrogens with two attached hydrogens (primary N) is 1. The first-order valence-electron chi connectivity index (χ1n) is 9.39. The van der Waals surface area contributed by atoms with Gasteiger partial charge in [-0.2, -0.15) is 0 Å². The normalized spacial score (nSPS) is 19.6. The SMILES string of the molecule is CCOC(=O)[C@H]1O[C@@H]1C(=O)NC[C@@H](COC(C)=O)C(=O)[C@@H](N)Cc1ccccc1. The van der Waals surface area contributed by atoms with Crippen molar-refractivity contribution in [3.05, 3.63) is 35.9 Å². The van der Waals surface area contributed by atoms with Crippen LogP contribution in [0.5, 0.6) is 0 Å². The summed E-state index contributed by atoms with van der Waals surface area (Å²) >= 11 is 0. The first-order valence-corrected chi connectivity index (χ1v) is 9.39. The minimum Gasteiger partial charge on any atom is -0.465 e. The lowest BCUT2D eigenvalue weighted by atomic mass is 9.94. The Labute approximate surface area is 168 Å². The number of esters is 2. The van der Waals surface area contributed by atoms with Gasteiger partial charge in [-0.15, -0.1) is 0 Å². The van der Waals surface area contributed by atoms with Crippen LogP contribution in [-0.4, -0.2) is 61.6 Å². The van der Waals surface area contributed by atoms with E-state index in [0.29, 0.717) is 6.42 Å². The molecule has 1 aliphatic rings. The molecule has 1 heterocycles. The van der Waals surface area contributed by atoms with Crippen LogP contribution in [-0.2, 0) is 39.8 Å². The van der Waals surface area contributed by atoms with E-state index in [0.717, 1.165) is 5.56 Å². The second-order valence-corrected chi connectivity index (χ2v) is 6.67. The molecule has 0 saturated carbocycles. The maximum Gasteiger partial charge on any atom is 0.338 e. The van der Waals surface area contributed by atoms with E-state index >= 15 is 0 Å². The van der Waals surface area contributed by atoms with Crippen molar-refractivity contribution in [2.45, 2.75) is 38.5 Å². The Morgan fingerprint density at radius 2 is 1.83 bits per heavy atom. The smallest absolute Gasteiger partial charge is 0.338 e. The Morgan fingerprint density at radius 3 is 2.45 bits per heavy atom. The van der Waals surface area contributed by atoms with Gasteiger partial charge in [0.25, 0.3) is 5.91 Å². The van der Waals surface area contributed by atoms with Crippen molar-refractivity contribution in [1.82, 2.24) is 5.32 Å². The second-order valence-electron chi connectivity index (χ2n) is 6.67. The summed E-state index contributed by atoms with van der Waals surface area (Å²) in [6, 6.07) is 8.45. The van der Waals surface area contributed by atoms with Crippen molar-refractivity contribution in [1.29, 1.82) is 0 Å². The van der Waals surface area contributed by atoms with E-state index in [-0.39, 0.29) is 25.5 Å². The molecule has 0 radical (unpaired) electrons. The number of rotatable bonds is 11. The summed E-state index contributed by atoms with van der Waals surface area (Å²) in [5.41, 5.74) is 6.94. The molecule has 0 bridgehead atoms. The number of hydrogen-bond acceptors (Lipinski definition) is 8. The summed E-state index contributed by atoms with van der Waals surface area (Å²) in [6.07, 6.45) is -1.56. The summed E-state index contributed by atoms with van der Waals surface area (Å²) in [7, 11) is 0. The molecule has 4 atom stereocenters. The van der Waals surface area contributed by atoms with Gasteiger partial charge >= 0.3 is 11.9 Å². The predicted molar refractivity (Wildman–Crippen MR) is 102 cm³/mol. The zero-order chi connectivity index (χ0) is 21.4.